The average molecular weight is 422 g/mol. The fraction of sp³-hybridized carbons (Fsp3) is 0.348. The molecule has 0 radical (unpaired) electrons. The molecule has 2 aromatic heterocycles. The van der Waals surface area contributed by atoms with Gasteiger partial charge in [0.1, 0.15) is 17.7 Å². The van der Waals surface area contributed by atoms with Crippen molar-refractivity contribution in [3.8, 4) is 11.6 Å². The molecule has 2 fully saturated rings. The van der Waals surface area contributed by atoms with E-state index in [9.17, 15) is 9.18 Å². The summed E-state index contributed by atoms with van der Waals surface area (Å²) in [6.45, 7) is 1.67. The molecule has 1 aromatic carbocycles. The topological polar surface area (TPSA) is 69.5 Å². The molecule has 0 saturated carbocycles. The molecular formula is C23H23FN4O3. The van der Waals surface area contributed by atoms with E-state index >= 15 is 0 Å². The molecule has 0 N–H and O–H groups in total. The maximum absolute atomic E-state index is 13.1. The number of hydrogen-bond acceptors (Lipinski definition) is 5. The van der Waals surface area contributed by atoms with Crippen LogP contribution in [-0.2, 0) is 4.74 Å². The fourth-order valence-electron chi connectivity index (χ4n) is 4.37. The van der Waals surface area contributed by atoms with Gasteiger partial charge < -0.3 is 14.4 Å². The standard InChI is InChI=1S/C23H23FN4O3/c24-18-4-6-19(7-5-18)31-20-13-23(30-15-20)9-1-11-27(16-23)22(29)17-3-8-21(25-14-17)28-12-2-10-26-28/h2-8,10,12,14,20H,1,9,11,13,15-16H2/t20-,23+/m1/s1. The van der Waals surface area contributed by atoms with E-state index in [4.69, 9.17) is 9.47 Å². The van der Waals surface area contributed by atoms with E-state index < -0.39 is 5.60 Å². The Labute approximate surface area is 179 Å². The van der Waals surface area contributed by atoms with Crippen molar-refractivity contribution in [2.24, 2.45) is 0 Å². The van der Waals surface area contributed by atoms with Crippen LogP contribution in [0.15, 0.2) is 61.1 Å². The van der Waals surface area contributed by atoms with Crippen molar-refractivity contribution in [1.29, 1.82) is 0 Å². The van der Waals surface area contributed by atoms with Gasteiger partial charge in [-0.1, -0.05) is 0 Å². The van der Waals surface area contributed by atoms with Crippen LogP contribution in [0.25, 0.3) is 5.82 Å². The van der Waals surface area contributed by atoms with Crippen LogP contribution in [0, 0.1) is 5.82 Å². The number of hydrogen-bond donors (Lipinski definition) is 0. The van der Waals surface area contributed by atoms with Gasteiger partial charge in [0.05, 0.1) is 24.3 Å². The van der Waals surface area contributed by atoms with Crippen LogP contribution in [0.2, 0.25) is 0 Å². The number of amides is 1. The number of carbonyl (C=O) groups excluding carboxylic acids is 1. The maximum Gasteiger partial charge on any atom is 0.255 e. The number of rotatable bonds is 4. The minimum absolute atomic E-state index is 0.0508. The van der Waals surface area contributed by atoms with E-state index in [0.717, 1.165) is 12.8 Å². The summed E-state index contributed by atoms with van der Waals surface area (Å²) in [6.07, 6.45) is 7.42. The molecule has 0 bridgehead atoms. The number of halogens is 1. The van der Waals surface area contributed by atoms with Crippen molar-refractivity contribution in [2.45, 2.75) is 31.0 Å². The van der Waals surface area contributed by atoms with Crippen LogP contribution < -0.4 is 4.74 Å². The Balaban J connectivity index is 1.23. The average Bonchev–Trinajstić information content (AvgIpc) is 3.46. The molecule has 3 aromatic rings. The predicted octanol–water partition coefficient (Wildman–Crippen LogP) is 3.25. The number of pyridine rings is 1. The number of piperidine rings is 1. The second-order valence-electron chi connectivity index (χ2n) is 8.08. The van der Waals surface area contributed by atoms with Crippen molar-refractivity contribution in [3.05, 3.63) is 72.4 Å². The van der Waals surface area contributed by atoms with Gasteiger partial charge in [0, 0.05) is 31.6 Å². The first-order valence-corrected chi connectivity index (χ1v) is 10.4. The highest BCUT2D eigenvalue weighted by atomic mass is 19.1. The summed E-state index contributed by atoms with van der Waals surface area (Å²) in [5, 5.41) is 4.15. The Morgan fingerprint density at radius 3 is 2.84 bits per heavy atom. The fourth-order valence-corrected chi connectivity index (χ4v) is 4.37. The molecule has 5 rings (SSSR count). The SMILES string of the molecule is O=C(c1ccc(-n2cccn2)nc1)N1CCC[C@]2(C[C@@H](Oc3ccc(F)cc3)CO2)C1. The lowest BCUT2D eigenvalue weighted by molar-refractivity contribution is -0.0453. The first-order valence-electron chi connectivity index (χ1n) is 10.4. The highest BCUT2D eigenvalue weighted by Gasteiger charge is 2.45. The normalized spacial score (nSPS) is 23.3. The lowest BCUT2D eigenvalue weighted by Crippen LogP contribution is -2.50. The van der Waals surface area contributed by atoms with E-state index in [1.807, 2.05) is 11.0 Å². The van der Waals surface area contributed by atoms with Crippen LogP contribution in [0.1, 0.15) is 29.6 Å². The molecular weight excluding hydrogens is 399 g/mol. The molecule has 0 unspecified atom stereocenters. The summed E-state index contributed by atoms with van der Waals surface area (Å²) in [7, 11) is 0. The zero-order valence-electron chi connectivity index (χ0n) is 17.0. The van der Waals surface area contributed by atoms with Crippen molar-refractivity contribution in [2.75, 3.05) is 19.7 Å². The molecule has 160 valence electrons. The highest BCUT2D eigenvalue weighted by Crippen LogP contribution is 2.36. The molecule has 1 spiro atoms. The van der Waals surface area contributed by atoms with Crippen LogP contribution in [-0.4, -0.2) is 57.0 Å². The molecule has 2 aliphatic heterocycles. The number of nitrogens with zero attached hydrogens (tertiary/aromatic N) is 4. The van der Waals surface area contributed by atoms with Crippen LogP contribution in [0.5, 0.6) is 5.75 Å². The van der Waals surface area contributed by atoms with Gasteiger partial charge in [-0.05, 0) is 55.3 Å². The smallest absolute Gasteiger partial charge is 0.255 e. The molecule has 31 heavy (non-hydrogen) atoms. The first-order chi connectivity index (χ1) is 15.1. The van der Waals surface area contributed by atoms with Gasteiger partial charge in [0.2, 0.25) is 0 Å². The minimum atomic E-state index is -0.402. The van der Waals surface area contributed by atoms with Crippen molar-refractivity contribution >= 4 is 5.91 Å². The molecule has 2 atom stereocenters. The summed E-state index contributed by atoms with van der Waals surface area (Å²) in [6, 6.07) is 11.4. The Hall–Kier alpha value is -3.26. The Bertz CT molecular complexity index is 1040. The second-order valence-corrected chi connectivity index (χ2v) is 8.08. The van der Waals surface area contributed by atoms with Gasteiger partial charge in [-0.2, -0.15) is 5.10 Å². The van der Waals surface area contributed by atoms with Crippen molar-refractivity contribution < 1.29 is 18.7 Å². The summed E-state index contributed by atoms with van der Waals surface area (Å²) in [5.41, 5.74) is 0.145. The minimum Gasteiger partial charge on any atom is -0.488 e. The predicted molar refractivity (Wildman–Crippen MR) is 111 cm³/mol. The van der Waals surface area contributed by atoms with Gasteiger partial charge in [-0.3, -0.25) is 4.79 Å². The van der Waals surface area contributed by atoms with E-state index in [-0.39, 0.29) is 17.8 Å². The van der Waals surface area contributed by atoms with E-state index in [0.29, 0.717) is 43.2 Å². The maximum atomic E-state index is 13.1. The first kappa shape index (κ1) is 19.7. The Kier molecular flexibility index (Phi) is 5.15. The van der Waals surface area contributed by atoms with Crippen LogP contribution >= 0.6 is 0 Å². The third-order valence-electron chi connectivity index (χ3n) is 5.85. The summed E-state index contributed by atoms with van der Waals surface area (Å²) in [4.78, 5) is 19.3. The van der Waals surface area contributed by atoms with Gasteiger partial charge >= 0.3 is 0 Å². The Morgan fingerprint density at radius 2 is 2.10 bits per heavy atom. The van der Waals surface area contributed by atoms with E-state index in [1.165, 1.54) is 12.1 Å². The number of aromatic nitrogens is 3. The van der Waals surface area contributed by atoms with Crippen LogP contribution in [0.4, 0.5) is 4.39 Å². The molecule has 4 heterocycles. The van der Waals surface area contributed by atoms with E-state index in [2.05, 4.69) is 10.1 Å². The zero-order chi connectivity index (χ0) is 21.3. The van der Waals surface area contributed by atoms with Crippen molar-refractivity contribution in [1.82, 2.24) is 19.7 Å². The lowest BCUT2D eigenvalue weighted by Gasteiger charge is -2.39. The van der Waals surface area contributed by atoms with Gasteiger partial charge in [-0.15, -0.1) is 0 Å². The molecule has 2 saturated heterocycles. The lowest BCUT2D eigenvalue weighted by atomic mass is 9.89. The number of ether oxygens (including phenoxy) is 2. The molecule has 0 aliphatic carbocycles. The summed E-state index contributed by atoms with van der Waals surface area (Å²) >= 11 is 0. The van der Waals surface area contributed by atoms with Gasteiger partial charge in [0.25, 0.3) is 5.91 Å². The monoisotopic (exact) mass is 422 g/mol. The summed E-state index contributed by atoms with van der Waals surface area (Å²) in [5.74, 6) is 0.945. The zero-order valence-corrected chi connectivity index (χ0v) is 17.0. The number of likely N-dealkylation sites (tertiary alicyclic amines) is 1. The largest absolute Gasteiger partial charge is 0.488 e. The number of carbonyl (C=O) groups is 1. The highest BCUT2D eigenvalue weighted by molar-refractivity contribution is 5.94. The summed E-state index contributed by atoms with van der Waals surface area (Å²) < 4.78 is 26.9. The molecule has 7 nitrogen and oxygen atoms in total. The van der Waals surface area contributed by atoms with E-state index in [1.54, 1.807) is 47.5 Å². The van der Waals surface area contributed by atoms with Gasteiger partial charge in [-0.25, -0.2) is 14.1 Å². The van der Waals surface area contributed by atoms with Gasteiger partial charge in [0.15, 0.2) is 5.82 Å². The molecule has 1 amide bonds. The molecule has 8 heteroatoms. The third-order valence-corrected chi connectivity index (χ3v) is 5.85. The quantitative estimate of drug-likeness (QED) is 0.646. The van der Waals surface area contributed by atoms with Crippen LogP contribution in [0.3, 0.4) is 0 Å². The second kappa shape index (κ2) is 8.11. The Morgan fingerprint density at radius 1 is 1.23 bits per heavy atom. The van der Waals surface area contributed by atoms with Crippen molar-refractivity contribution in [3.63, 3.8) is 0 Å². The number of benzene rings is 1. The molecule has 2 aliphatic rings. The third kappa shape index (κ3) is 4.16.